The molecule has 122 valence electrons. The fourth-order valence-electron chi connectivity index (χ4n) is 2.16. The fourth-order valence-corrected chi connectivity index (χ4v) is 2.16. The fraction of sp³-hybridized carbons (Fsp3) is 0.294. The van der Waals surface area contributed by atoms with E-state index in [2.05, 4.69) is 20.6 Å². The Morgan fingerprint density at radius 3 is 2.70 bits per heavy atom. The third-order valence-electron chi connectivity index (χ3n) is 3.36. The largest absolute Gasteiger partial charge is 0.481 e. The molecule has 0 saturated heterocycles. The molecular formula is C17H21FN4O. The van der Waals surface area contributed by atoms with Crippen molar-refractivity contribution in [3.8, 4) is 5.88 Å². The average molecular weight is 316 g/mol. The lowest BCUT2D eigenvalue weighted by Crippen LogP contribution is -2.38. The van der Waals surface area contributed by atoms with Gasteiger partial charge in [0.05, 0.1) is 7.11 Å². The van der Waals surface area contributed by atoms with Gasteiger partial charge >= 0.3 is 0 Å². The molecule has 0 spiro atoms. The minimum Gasteiger partial charge on any atom is -0.481 e. The Balaban J connectivity index is 1.83. The van der Waals surface area contributed by atoms with Gasteiger partial charge in [-0.1, -0.05) is 24.3 Å². The van der Waals surface area contributed by atoms with Crippen LogP contribution >= 0.6 is 0 Å². The summed E-state index contributed by atoms with van der Waals surface area (Å²) in [6.07, 6.45) is 2.27. The van der Waals surface area contributed by atoms with Gasteiger partial charge in [-0.3, -0.25) is 4.99 Å². The number of benzene rings is 1. The third-order valence-corrected chi connectivity index (χ3v) is 3.36. The summed E-state index contributed by atoms with van der Waals surface area (Å²) in [5.41, 5.74) is 1.62. The standard InChI is InChI=1S/C17H21FN4O/c1-19-17(21-11-9-13-6-3-4-8-15(13)18)22-12-14-7-5-10-20-16(14)23-2/h3-8,10H,9,11-12H2,1-2H3,(H2,19,21,22). The van der Waals surface area contributed by atoms with E-state index in [1.807, 2.05) is 18.2 Å². The molecule has 2 aromatic rings. The zero-order chi connectivity index (χ0) is 16.5. The second-order valence-electron chi connectivity index (χ2n) is 4.87. The maximum Gasteiger partial charge on any atom is 0.218 e. The van der Waals surface area contributed by atoms with Crippen molar-refractivity contribution in [3.05, 3.63) is 59.5 Å². The molecule has 0 aliphatic rings. The lowest BCUT2D eigenvalue weighted by Gasteiger charge is -2.13. The van der Waals surface area contributed by atoms with Crippen molar-refractivity contribution in [2.75, 3.05) is 20.7 Å². The molecule has 0 atom stereocenters. The Labute approximate surface area is 135 Å². The maximum atomic E-state index is 13.6. The molecule has 0 amide bonds. The van der Waals surface area contributed by atoms with Crippen LogP contribution in [0.25, 0.3) is 0 Å². The zero-order valence-electron chi connectivity index (χ0n) is 13.3. The number of halogens is 1. The number of ether oxygens (including phenoxy) is 1. The first kappa shape index (κ1) is 16.7. The molecule has 0 aliphatic carbocycles. The van der Waals surface area contributed by atoms with Crippen LogP contribution in [-0.4, -0.2) is 31.6 Å². The molecule has 0 bridgehead atoms. The maximum absolute atomic E-state index is 13.6. The first-order chi connectivity index (χ1) is 11.2. The van der Waals surface area contributed by atoms with Gasteiger partial charge in [-0.2, -0.15) is 0 Å². The predicted molar refractivity (Wildman–Crippen MR) is 89.1 cm³/mol. The summed E-state index contributed by atoms with van der Waals surface area (Å²) in [6, 6.07) is 10.6. The normalized spacial score (nSPS) is 11.2. The van der Waals surface area contributed by atoms with Gasteiger partial charge in [0, 0.05) is 31.9 Å². The van der Waals surface area contributed by atoms with E-state index in [4.69, 9.17) is 4.74 Å². The van der Waals surface area contributed by atoms with Crippen LogP contribution in [0, 0.1) is 5.82 Å². The number of pyridine rings is 1. The molecule has 1 aromatic carbocycles. The number of rotatable bonds is 6. The van der Waals surface area contributed by atoms with E-state index in [1.54, 1.807) is 32.5 Å². The summed E-state index contributed by atoms with van der Waals surface area (Å²) in [7, 11) is 3.28. The molecule has 5 nitrogen and oxygen atoms in total. The molecule has 2 N–H and O–H groups in total. The zero-order valence-corrected chi connectivity index (χ0v) is 13.3. The van der Waals surface area contributed by atoms with Crippen LogP contribution in [0.3, 0.4) is 0 Å². The van der Waals surface area contributed by atoms with Gasteiger partial charge in [-0.25, -0.2) is 9.37 Å². The van der Waals surface area contributed by atoms with Gasteiger partial charge in [0.25, 0.3) is 0 Å². The van der Waals surface area contributed by atoms with Crippen molar-refractivity contribution in [1.29, 1.82) is 0 Å². The van der Waals surface area contributed by atoms with Gasteiger partial charge < -0.3 is 15.4 Å². The number of aromatic nitrogens is 1. The van der Waals surface area contributed by atoms with Crippen LogP contribution in [0.15, 0.2) is 47.6 Å². The summed E-state index contributed by atoms with van der Waals surface area (Å²) in [5, 5.41) is 6.35. The average Bonchev–Trinajstić information content (AvgIpc) is 2.59. The van der Waals surface area contributed by atoms with Crippen LogP contribution in [0.5, 0.6) is 5.88 Å². The van der Waals surface area contributed by atoms with Gasteiger partial charge in [-0.15, -0.1) is 0 Å². The first-order valence-corrected chi connectivity index (χ1v) is 7.40. The van der Waals surface area contributed by atoms with Crippen LogP contribution in [0.2, 0.25) is 0 Å². The van der Waals surface area contributed by atoms with E-state index >= 15 is 0 Å². The van der Waals surface area contributed by atoms with Crippen LogP contribution in [-0.2, 0) is 13.0 Å². The van der Waals surface area contributed by atoms with Crippen molar-refractivity contribution in [1.82, 2.24) is 15.6 Å². The summed E-state index contributed by atoms with van der Waals surface area (Å²) in [5.74, 6) is 1.05. The van der Waals surface area contributed by atoms with Crippen LogP contribution in [0.1, 0.15) is 11.1 Å². The van der Waals surface area contributed by atoms with Crippen molar-refractivity contribution in [2.24, 2.45) is 4.99 Å². The highest BCUT2D eigenvalue weighted by molar-refractivity contribution is 5.79. The highest BCUT2D eigenvalue weighted by atomic mass is 19.1. The SMILES string of the molecule is CN=C(NCCc1ccccc1F)NCc1cccnc1OC. The number of nitrogens with one attached hydrogen (secondary N) is 2. The van der Waals surface area contributed by atoms with Crippen molar-refractivity contribution in [2.45, 2.75) is 13.0 Å². The van der Waals surface area contributed by atoms with Crippen molar-refractivity contribution in [3.63, 3.8) is 0 Å². The molecule has 1 aromatic heterocycles. The number of hydrogen-bond acceptors (Lipinski definition) is 3. The molecule has 0 saturated carbocycles. The van der Waals surface area contributed by atoms with Gasteiger partial charge in [-0.05, 0) is 24.1 Å². The van der Waals surface area contributed by atoms with E-state index in [-0.39, 0.29) is 5.82 Å². The first-order valence-electron chi connectivity index (χ1n) is 7.40. The van der Waals surface area contributed by atoms with Crippen molar-refractivity contribution < 1.29 is 9.13 Å². The molecule has 23 heavy (non-hydrogen) atoms. The highest BCUT2D eigenvalue weighted by Crippen LogP contribution is 2.12. The van der Waals surface area contributed by atoms with Gasteiger partial charge in [0.2, 0.25) is 5.88 Å². The molecular weight excluding hydrogens is 295 g/mol. The lowest BCUT2D eigenvalue weighted by molar-refractivity contribution is 0.392. The van der Waals surface area contributed by atoms with Gasteiger partial charge in [0.1, 0.15) is 5.82 Å². The summed E-state index contributed by atoms with van der Waals surface area (Å²) in [4.78, 5) is 8.30. The van der Waals surface area contributed by atoms with E-state index in [0.717, 1.165) is 5.56 Å². The Bertz CT molecular complexity index is 661. The monoisotopic (exact) mass is 316 g/mol. The predicted octanol–water partition coefficient (Wildman–Crippen LogP) is 2.14. The summed E-state index contributed by atoms with van der Waals surface area (Å²) in [6.45, 7) is 1.13. The Morgan fingerprint density at radius 1 is 1.17 bits per heavy atom. The molecule has 0 unspecified atom stereocenters. The van der Waals surface area contributed by atoms with E-state index < -0.39 is 0 Å². The molecule has 2 rings (SSSR count). The minimum absolute atomic E-state index is 0.183. The van der Waals surface area contributed by atoms with E-state index in [9.17, 15) is 4.39 Å². The summed E-state index contributed by atoms with van der Waals surface area (Å²) >= 11 is 0. The molecule has 0 fully saturated rings. The number of aliphatic imine (C=N–C) groups is 1. The molecule has 6 heteroatoms. The number of guanidine groups is 1. The molecule has 0 radical (unpaired) electrons. The number of hydrogen-bond donors (Lipinski definition) is 2. The van der Waals surface area contributed by atoms with Crippen molar-refractivity contribution >= 4 is 5.96 Å². The topological polar surface area (TPSA) is 58.5 Å². The Morgan fingerprint density at radius 2 is 1.96 bits per heavy atom. The lowest BCUT2D eigenvalue weighted by atomic mass is 10.1. The number of nitrogens with zero attached hydrogens (tertiary/aromatic N) is 2. The Hall–Kier alpha value is -2.63. The molecule has 1 heterocycles. The van der Waals surface area contributed by atoms with Gasteiger partial charge in [0.15, 0.2) is 5.96 Å². The molecule has 0 aliphatic heterocycles. The smallest absolute Gasteiger partial charge is 0.218 e. The quantitative estimate of drug-likeness (QED) is 0.633. The minimum atomic E-state index is -0.183. The Kier molecular flexibility index (Phi) is 6.35. The van der Waals surface area contributed by atoms with Crippen LogP contribution in [0.4, 0.5) is 4.39 Å². The highest BCUT2D eigenvalue weighted by Gasteiger charge is 2.05. The second kappa shape index (κ2) is 8.73. The third kappa shape index (κ3) is 4.95. The van der Waals surface area contributed by atoms with E-state index in [0.29, 0.717) is 36.9 Å². The number of methoxy groups -OCH3 is 1. The summed E-state index contributed by atoms with van der Waals surface area (Å²) < 4.78 is 18.8. The van der Waals surface area contributed by atoms with E-state index in [1.165, 1.54) is 6.07 Å². The second-order valence-corrected chi connectivity index (χ2v) is 4.87. The van der Waals surface area contributed by atoms with Crippen LogP contribution < -0.4 is 15.4 Å².